The van der Waals surface area contributed by atoms with Gasteiger partial charge in [0.25, 0.3) is 0 Å². The molecule has 1 amide bonds. The lowest BCUT2D eigenvalue weighted by molar-refractivity contribution is -0.140. The molecule has 0 aromatic carbocycles. The van der Waals surface area contributed by atoms with E-state index in [2.05, 4.69) is 10.1 Å². The number of amides is 1. The van der Waals surface area contributed by atoms with Gasteiger partial charge in [-0.05, 0) is 40.0 Å². The number of carbonyl (C=O) groups excluding carboxylic acids is 2. The van der Waals surface area contributed by atoms with Gasteiger partial charge < -0.3 is 14.9 Å². The number of hydrogen-bond acceptors (Lipinski definition) is 5. The van der Waals surface area contributed by atoms with E-state index in [0.717, 1.165) is 12.8 Å². The largest absolute Gasteiger partial charge is 0.469 e. The molecule has 0 aliphatic carbocycles. The molecule has 0 spiro atoms. The average molecular weight is 312 g/mol. The number of carbonyl (C=O) groups is 2. The zero-order chi connectivity index (χ0) is 17.2. The summed E-state index contributed by atoms with van der Waals surface area (Å²) in [4.78, 5) is 22.9. The Bertz CT molecular complexity index is 422. The van der Waals surface area contributed by atoms with Gasteiger partial charge in [0.2, 0.25) is 0 Å². The van der Waals surface area contributed by atoms with Gasteiger partial charge in [-0.15, -0.1) is 0 Å². The van der Waals surface area contributed by atoms with E-state index in [1.807, 2.05) is 13.0 Å². The fourth-order valence-corrected chi connectivity index (χ4v) is 1.60. The zero-order valence-electron chi connectivity index (χ0n) is 14.2. The lowest BCUT2D eigenvalue weighted by Gasteiger charge is -2.20. The molecule has 0 aliphatic heterocycles. The molecule has 0 bridgehead atoms. The van der Waals surface area contributed by atoms with E-state index in [0.29, 0.717) is 18.5 Å². The van der Waals surface area contributed by atoms with E-state index in [9.17, 15) is 9.59 Å². The molecule has 2 N–H and O–H groups in total. The van der Waals surface area contributed by atoms with Gasteiger partial charge >= 0.3 is 12.1 Å². The van der Waals surface area contributed by atoms with Crippen LogP contribution in [0.3, 0.4) is 0 Å². The summed E-state index contributed by atoms with van der Waals surface area (Å²) in [7, 11) is 1.34. The Morgan fingerprint density at radius 2 is 1.86 bits per heavy atom. The van der Waals surface area contributed by atoms with Crippen molar-refractivity contribution in [3.8, 4) is 0 Å². The third-order valence-electron chi connectivity index (χ3n) is 2.63. The monoisotopic (exact) mass is 312 g/mol. The third kappa shape index (κ3) is 9.96. The van der Waals surface area contributed by atoms with Crippen LogP contribution in [0.5, 0.6) is 0 Å². The van der Waals surface area contributed by atoms with Crippen LogP contribution in [0.4, 0.5) is 4.79 Å². The highest BCUT2D eigenvalue weighted by atomic mass is 16.6. The smallest absolute Gasteiger partial charge is 0.412 e. The molecule has 0 saturated carbocycles. The van der Waals surface area contributed by atoms with Crippen molar-refractivity contribution in [2.75, 3.05) is 7.11 Å². The summed E-state index contributed by atoms with van der Waals surface area (Å²) >= 11 is 0. The molecule has 0 unspecified atom stereocenters. The van der Waals surface area contributed by atoms with Gasteiger partial charge in [-0.2, -0.15) is 0 Å². The lowest BCUT2D eigenvalue weighted by atomic mass is 10.1. The Hall–Kier alpha value is -1.85. The Labute approximate surface area is 132 Å². The van der Waals surface area contributed by atoms with Crippen molar-refractivity contribution in [3.05, 3.63) is 11.8 Å². The third-order valence-corrected chi connectivity index (χ3v) is 2.63. The maximum Gasteiger partial charge on any atom is 0.412 e. The quantitative estimate of drug-likeness (QED) is 0.530. The number of unbranched alkanes of at least 4 members (excludes halogenated alkanes) is 1. The van der Waals surface area contributed by atoms with Crippen LogP contribution < -0.4 is 5.32 Å². The standard InChI is InChI=1S/C16H28N2O4/c1-6-7-10-13(18-15(20)22-16(2,3)4)12(17)9-8-11-14(19)21-5/h10,17H,6-9,11H2,1-5H3,(H,18,20)/b13-10+,17-12?. The number of methoxy groups -OCH3 is 1. The summed E-state index contributed by atoms with van der Waals surface area (Å²) in [5.41, 5.74) is 0.136. The molecule has 0 heterocycles. The number of hydrogen-bond donors (Lipinski definition) is 2. The molecule has 22 heavy (non-hydrogen) atoms. The molecule has 6 nitrogen and oxygen atoms in total. The second-order valence-electron chi connectivity index (χ2n) is 5.94. The van der Waals surface area contributed by atoms with Crippen molar-refractivity contribution in [2.24, 2.45) is 0 Å². The Balaban J connectivity index is 4.60. The number of ether oxygens (including phenoxy) is 2. The van der Waals surface area contributed by atoms with Crippen LogP contribution in [0.15, 0.2) is 11.8 Å². The minimum atomic E-state index is -0.590. The fourth-order valence-electron chi connectivity index (χ4n) is 1.60. The van der Waals surface area contributed by atoms with E-state index in [4.69, 9.17) is 10.1 Å². The van der Waals surface area contributed by atoms with E-state index in [1.54, 1.807) is 20.8 Å². The van der Waals surface area contributed by atoms with Gasteiger partial charge in [0, 0.05) is 6.42 Å². The fraction of sp³-hybridized carbons (Fsp3) is 0.688. The van der Waals surface area contributed by atoms with Crippen LogP contribution in [-0.2, 0) is 14.3 Å². The van der Waals surface area contributed by atoms with Gasteiger partial charge in [0.15, 0.2) is 0 Å². The number of nitrogens with one attached hydrogen (secondary N) is 2. The van der Waals surface area contributed by atoms with E-state index in [1.165, 1.54) is 7.11 Å². The summed E-state index contributed by atoms with van der Waals surface area (Å²) in [6.07, 6.45) is 4.05. The summed E-state index contributed by atoms with van der Waals surface area (Å²) < 4.78 is 9.76. The van der Waals surface area contributed by atoms with Crippen LogP contribution in [-0.4, -0.2) is 30.5 Å². The molecule has 0 aliphatic rings. The number of alkyl carbamates (subject to hydrolysis) is 1. The number of allylic oxidation sites excluding steroid dienone is 2. The number of esters is 1. The Kier molecular flexibility index (Phi) is 9.13. The van der Waals surface area contributed by atoms with Crippen LogP contribution in [0.2, 0.25) is 0 Å². The molecule has 0 atom stereocenters. The van der Waals surface area contributed by atoms with Gasteiger partial charge in [-0.25, -0.2) is 4.79 Å². The highest BCUT2D eigenvalue weighted by molar-refractivity contribution is 6.00. The first-order valence-electron chi connectivity index (χ1n) is 7.54. The second kappa shape index (κ2) is 9.97. The highest BCUT2D eigenvalue weighted by Crippen LogP contribution is 2.10. The van der Waals surface area contributed by atoms with Gasteiger partial charge in [-0.3, -0.25) is 10.1 Å². The molecule has 0 aromatic heterocycles. The van der Waals surface area contributed by atoms with Crippen LogP contribution in [0, 0.1) is 5.41 Å². The van der Waals surface area contributed by atoms with E-state index < -0.39 is 11.7 Å². The van der Waals surface area contributed by atoms with Crippen LogP contribution in [0.1, 0.15) is 59.8 Å². The lowest BCUT2D eigenvalue weighted by Crippen LogP contribution is -2.34. The number of rotatable bonds is 8. The summed E-state index contributed by atoms with van der Waals surface area (Å²) in [5.74, 6) is -0.299. The maximum atomic E-state index is 11.8. The molecule has 126 valence electrons. The van der Waals surface area contributed by atoms with Gasteiger partial charge in [0.05, 0.1) is 18.5 Å². The van der Waals surface area contributed by atoms with Gasteiger partial charge in [-0.1, -0.05) is 19.4 Å². The summed E-state index contributed by atoms with van der Waals surface area (Å²) in [5, 5.41) is 10.7. The first-order chi connectivity index (χ1) is 10.2. The second-order valence-corrected chi connectivity index (χ2v) is 5.94. The van der Waals surface area contributed by atoms with Crippen molar-refractivity contribution >= 4 is 17.8 Å². The molecular formula is C16H28N2O4. The SMILES string of the molecule is CCC/C=C(/NC(=O)OC(C)(C)C)C(=N)CCCC(=O)OC. The molecule has 0 rings (SSSR count). The molecule has 0 aromatic rings. The van der Waals surface area contributed by atoms with Crippen molar-refractivity contribution in [1.82, 2.24) is 5.32 Å². The zero-order valence-corrected chi connectivity index (χ0v) is 14.2. The normalized spacial score (nSPS) is 11.8. The van der Waals surface area contributed by atoms with Crippen molar-refractivity contribution < 1.29 is 19.1 Å². The summed E-state index contributed by atoms with van der Waals surface area (Å²) in [6.45, 7) is 7.36. The minimum absolute atomic E-state index is 0.256. The predicted octanol–water partition coefficient (Wildman–Crippen LogP) is 3.56. The first-order valence-corrected chi connectivity index (χ1v) is 7.54. The molecule has 6 heteroatoms. The van der Waals surface area contributed by atoms with Crippen LogP contribution >= 0.6 is 0 Å². The average Bonchev–Trinajstić information content (AvgIpc) is 2.40. The molecule has 0 fully saturated rings. The first kappa shape index (κ1) is 20.1. The summed E-state index contributed by atoms with van der Waals surface area (Å²) in [6, 6.07) is 0. The maximum absolute atomic E-state index is 11.8. The molecule has 0 radical (unpaired) electrons. The van der Waals surface area contributed by atoms with Crippen molar-refractivity contribution in [3.63, 3.8) is 0 Å². The van der Waals surface area contributed by atoms with Crippen molar-refractivity contribution in [1.29, 1.82) is 5.41 Å². The Morgan fingerprint density at radius 1 is 1.23 bits per heavy atom. The predicted molar refractivity (Wildman–Crippen MR) is 86.0 cm³/mol. The highest BCUT2D eigenvalue weighted by Gasteiger charge is 2.18. The van der Waals surface area contributed by atoms with E-state index in [-0.39, 0.29) is 18.1 Å². The van der Waals surface area contributed by atoms with Crippen molar-refractivity contribution in [2.45, 2.75) is 65.4 Å². The van der Waals surface area contributed by atoms with E-state index >= 15 is 0 Å². The molecule has 0 saturated heterocycles. The topological polar surface area (TPSA) is 88.5 Å². The van der Waals surface area contributed by atoms with Crippen LogP contribution in [0.25, 0.3) is 0 Å². The van der Waals surface area contributed by atoms with Gasteiger partial charge in [0.1, 0.15) is 5.60 Å². The minimum Gasteiger partial charge on any atom is -0.469 e. The molecular weight excluding hydrogens is 284 g/mol. The Morgan fingerprint density at radius 3 is 2.36 bits per heavy atom.